The lowest BCUT2D eigenvalue weighted by Crippen LogP contribution is -2.00. The average Bonchev–Trinajstić information content (AvgIpc) is 2.75. The molecule has 0 aliphatic carbocycles. The smallest absolute Gasteiger partial charge is 0.0632 e. The summed E-state index contributed by atoms with van der Waals surface area (Å²) in [5, 5.41) is 8.12. The van der Waals surface area contributed by atoms with E-state index < -0.39 is 0 Å². The van der Waals surface area contributed by atoms with Gasteiger partial charge < -0.3 is 5.32 Å². The fourth-order valence-corrected chi connectivity index (χ4v) is 3.42. The molecule has 1 N–H and O–H groups in total. The van der Waals surface area contributed by atoms with Gasteiger partial charge in [-0.15, -0.1) is 0 Å². The van der Waals surface area contributed by atoms with Gasteiger partial charge in [0.1, 0.15) is 0 Å². The fourth-order valence-electron chi connectivity index (χ4n) is 1.47. The van der Waals surface area contributed by atoms with Gasteiger partial charge in [-0.2, -0.15) is 5.10 Å². The number of aromatic nitrogens is 2. The third kappa shape index (κ3) is 3.16. The molecule has 1 aromatic carbocycles. The average molecular weight is 391 g/mol. The Labute approximate surface area is 127 Å². The molecule has 94 valence electrons. The molecule has 0 saturated heterocycles. The first-order chi connectivity index (χ1) is 8.60. The normalized spacial score (nSPS) is 10.4. The van der Waals surface area contributed by atoms with Gasteiger partial charge in [0, 0.05) is 38.5 Å². The number of halogens is 3. The van der Waals surface area contributed by atoms with Gasteiger partial charge in [0.2, 0.25) is 0 Å². The Morgan fingerprint density at radius 2 is 2.06 bits per heavy atom. The van der Waals surface area contributed by atoms with Gasteiger partial charge in [-0.05, 0) is 44.0 Å². The van der Waals surface area contributed by atoms with Crippen LogP contribution in [0.5, 0.6) is 0 Å². The molecule has 0 bridgehead atoms. The molecule has 1 heterocycles. The van der Waals surface area contributed by atoms with Crippen LogP contribution in [0, 0.1) is 0 Å². The monoisotopic (exact) mass is 389 g/mol. The first-order valence-corrected chi connectivity index (χ1v) is 7.10. The molecule has 2 aromatic rings. The van der Waals surface area contributed by atoms with E-state index >= 15 is 0 Å². The van der Waals surface area contributed by atoms with Gasteiger partial charge in [0.05, 0.1) is 11.9 Å². The predicted molar refractivity (Wildman–Crippen MR) is 82.8 cm³/mol. The Morgan fingerprint density at radius 1 is 1.39 bits per heavy atom. The minimum Gasteiger partial charge on any atom is -0.379 e. The van der Waals surface area contributed by atoms with Gasteiger partial charge in [-0.3, -0.25) is 0 Å². The number of anilines is 1. The molecule has 1 aromatic heterocycles. The van der Waals surface area contributed by atoms with Crippen LogP contribution < -0.4 is 5.32 Å². The number of nitrogens with zero attached hydrogens (tertiary/aromatic N) is 2. The predicted octanol–water partition coefficient (Wildman–Crippen LogP) is 4.77. The van der Waals surface area contributed by atoms with Crippen LogP contribution in [0.15, 0.2) is 40.1 Å². The largest absolute Gasteiger partial charge is 0.379 e. The summed E-state index contributed by atoms with van der Waals surface area (Å²) in [4.78, 5) is 0. The van der Waals surface area contributed by atoms with Crippen LogP contribution in [0.25, 0.3) is 6.20 Å². The quantitative estimate of drug-likeness (QED) is 0.813. The zero-order chi connectivity index (χ0) is 13.1. The van der Waals surface area contributed by atoms with Gasteiger partial charge in [-0.1, -0.05) is 18.2 Å². The zero-order valence-electron chi connectivity index (χ0n) is 9.33. The second kappa shape index (κ2) is 5.91. The lowest BCUT2D eigenvalue weighted by Gasteiger charge is -2.10. The van der Waals surface area contributed by atoms with E-state index in [0.29, 0.717) is 11.6 Å². The minimum atomic E-state index is 0.673. The van der Waals surface area contributed by atoms with E-state index in [-0.39, 0.29) is 0 Å². The molecular formula is C12H10Br2ClN3. The Bertz CT molecular complexity index is 557. The number of hydrogen-bond donors (Lipinski definition) is 1. The molecule has 0 aliphatic rings. The molecule has 2 rings (SSSR count). The minimum absolute atomic E-state index is 0.673. The number of hydrogen-bond acceptors (Lipinski definition) is 2. The van der Waals surface area contributed by atoms with Crippen molar-refractivity contribution in [3.05, 3.63) is 50.6 Å². The molecule has 18 heavy (non-hydrogen) atoms. The Morgan fingerprint density at radius 3 is 2.61 bits per heavy atom. The summed E-state index contributed by atoms with van der Waals surface area (Å²) in [7, 11) is 0. The zero-order valence-corrected chi connectivity index (χ0v) is 13.3. The molecule has 3 nitrogen and oxygen atoms in total. The number of rotatable bonds is 4. The third-order valence-electron chi connectivity index (χ3n) is 2.32. The van der Waals surface area contributed by atoms with Gasteiger partial charge in [0.15, 0.2) is 0 Å². The van der Waals surface area contributed by atoms with E-state index in [1.165, 1.54) is 0 Å². The van der Waals surface area contributed by atoms with Crippen molar-refractivity contribution in [3.63, 3.8) is 0 Å². The van der Waals surface area contributed by atoms with E-state index in [1.807, 2.05) is 18.3 Å². The summed E-state index contributed by atoms with van der Waals surface area (Å²) in [5.41, 5.74) is 2.04. The van der Waals surface area contributed by atoms with Crippen LogP contribution >= 0.6 is 43.5 Å². The molecule has 0 spiro atoms. The van der Waals surface area contributed by atoms with Crippen LogP contribution in [-0.4, -0.2) is 9.78 Å². The second-order valence-corrected chi connectivity index (χ2v) is 5.75. The summed E-state index contributed by atoms with van der Waals surface area (Å²) in [6, 6.07) is 3.70. The lowest BCUT2D eigenvalue weighted by molar-refractivity contribution is 0.936. The first kappa shape index (κ1) is 13.6. The van der Waals surface area contributed by atoms with E-state index in [0.717, 1.165) is 20.2 Å². The Kier molecular flexibility index (Phi) is 4.48. The van der Waals surface area contributed by atoms with E-state index in [9.17, 15) is 0 Å². The first-order valence-electron chi connectivity index (χ1n) is 5.14. The fraction of sp³-hybridized carbons (Fsp3) is 0.0833. The van der Waals surface area contributed by atoms with Crippen LogP contribution in [0.2, 0.25) is 5.02 Å². The molecule has 0 saturated carbocycles. The topological polar surface area (TPSA) is 29.9 Å². The summed E-state index contributed by atoms with van der Waals surface area (Å²) in [6.45, 7) is 4.32. The highest BCUT2D eigenvalue weighted by Gasteiger charge is 2.07. The molecule has 0 aliphatic heterocycles. The maximum atomic E-state index is 5.95. The van der Waals surface area contributed by atoms with Crippen molar-refractivity contribution in [2.75, 3.05) is 5.32 Å². The van der Waals surface area contributed by atoms with Crippen molar-refractivity contribution in [3.8, 4) is 0 Å². The molecule has 0 amide bonds. The van der Waals surface area contributed by atoms with Crippen LogP contribution in [-0.2, 0) is 6.54 Å². The SMILES string of the molecule is C=Cn1cc(CNc2c(Br)cc(Cl)cc2Br)cn1. The van der Waals surface area contributed by atoms with Crippen molar-refractivity contribution in [2.24, 2.45) is 0 Å². The van der Waals surface area contributed by atoms with Crippen LogP contribution in [0.1, 0.15) is 5.56 Å². The molecular weight excluding hydrogens is 381 g/mol. The van der Waals surface area contributed by atoms with Crippen molar-refractivity contribution in [1.82, 2.24) is 9.78 Å². The number of benzene rings is 1. The van der Waals surface area contributed by atoms with Crippen molar-refractivity contribution < 1.29 is 0 Å². The van der Waals surface area contributed by atoms with Gasteiger partial charge in [0.25, 0.3) is 0 Å². The molecule has 6 heteroatoms. The van der Waals surface area contributed by atoms with E-state index in [1.54, 1.807) is 17.1 Å². The molecule has 0 unspecified atom stereocenters. The van der Waals surface area contributed by atoms with Crippen molar-refractivity contribution in [2.45, 2.75) is 6.54 Å². The van der Waals surface area contributed by atoms with E-state index in [4.69, 9.17) is 11.6 Å². The standard InChI is InChI=1S/C12H10Br2ClN3/c1-2-18-7-8(6-17-18)5-16-12-10(13)3-9(15)4-11(12)14/h2-4,6-7,16H,1,5H2. The lowest BCUT2D eigenvalue weighted by atomic mass is 10.3. The van der Waals surface area contributed by atoms with Crippen molar-refractivity contribution >= 4 is 55.3 Å². The van der Waals surface area contributed by atoms with Crippen molar-refractivity contribution in [1.29, 1.82) is 0 Å². The summed E-state index contributed by atoms with van der Waals surface area (Å²) in [6.07, 6.45) is 5.36. The summed E-state index contributed by atoms with van der Waals surface area (Å²) < 4.78 is 3.50. The molecule has 0 radical (unpaired) electrons. The maximum Gasteiger partial charge on any atom is 0.0632 e. The number of nitrogens with one attached hydrogen (secondary N) is 1. The van der Waals surface area contributed by atoms with E-state index in [2.05, 4.69) is 48.9 Å². The van der Waals surface area contributed by atoms with Crippen LogP contribution in [0.4, 0.5) is 5.69 Å². The third-order valence-corrected chi connectivity index (χ3v) is 3.79. The highest BCUT2D eigenvalue weighted by Crippen LogP contribution is 2.34. The highest BCUT2D eigenvalue weighted by molar-refractivity contribution is 9.11. The highest BCUT2D eigenvalue weighted by atomic mass is 79.9. The van der Waals surface area contributed by atoms with Gasteiger partial charge >= 0.3 is 0 Å². The molecule has 0 fully saturated rings. The van der Waals surface area contributed by atoms with Gasteiger partial charge in [-0.25, -0.2) is 4.68 Å². The second-order valence-electron chi connectivity index (χ2n) is 3.61. The molecule has 0 atom stereocenters. The summed E-state index contributed by atoms with van der Waals surface area (Å²) in [5.74, 6) is 0. The Balaban J connectivity index is 2.12. The summed E-state index contributed by atoms with van der Waals surface area (Å²) >= 11 is 12.9. The Hall–Kier alpha value is -0.780. The maximum absolute atomic E-state index is 5.95. The van der Waals surface area contributed by atoms with Crippen LogP contribution in [0.3, 0.4) is 0 Å².